The van der Waals surface area contributed by atoms with E-state index in [0.717, 1.165) is 10.4 Å². The number of ether oxygens (including phenoxy) is 1. The summed E-state index contributed by atoms with van der Waals surface area (Å²) in [7, 11) is -2.49. The van der Waals surface area contributed by atoms with Crippen molar-refractivity contribution in [3.63, 3.8) is 0 Å². The van der Waals surface area contributed by atoms with Gasteiger partial charge < -0.3 is 4.74 Å². The smallest absolute Gasteiger partial charge is 0.340 e. The third kappa shape index (κ3) is 4.10. The molecule has 2 aromatic rings. The number of hydrogen-bond acceptors (Lipinski definition) is 5. The van der Waals surface area contributed by atoms with Crippen LogP contribution in [0.15, 0.2) is 53.4 Å². The average molecular weight is 379 g/mol. The van der Waals surface area contributed by atoms with Crippen LogP contribution in [0.4, 0.5) is 5.69 Å². The van der Waals surface area contributed by atoms with Gasteiger partial charge in [0.1, 0.15) is 6.07 Å². The molecule has 130 valence electrons. The van der Waals surface area contributed by atoms with Crippen molar-refractivity contribution in [3.8, 4) is 6.07 Å². The molecule has 25 heavy (non-hydrogen) atoms. The van der Waals surface area contributed by atoms with Crippen LogP contribution in [0.5, 0.6) is 0 Å². The number of carbonyl (C=O) groups is 1. The predicted octanol–water partition coefficient (Wildman–Crippen LogP) is 3.23. The van der Waals surface area contributed by atoms with E-state index in [0.29, 0.717) is 5.69 Å². The fraction of sp³-hybridized carbons (Fsp3) is 0.176. The zero-order valence-corrected chi connectivity index (χ0v) is 15.1. The van der Waals surface area contributed by atoms with Crippen molar-refractivity contribution in [2.24, 2.45) is 0 Å². The Morgan fingerprint density at radius 2 is 1.88 bits per heavy atom. The van der Waals surface area contributed by atoms with Crippen molar-refractivity contribution < 1.29 is 17.9 Å². The Bertz CT molecular complexity index is 923. The first-order valence-corrected chi connectivity index (χ1v) is 9.03. The van der Waals surface area contributed by atoms with Gasteiger partial charge in [0, 0.05) is 7.05 Å². The molecule has 2 rings (SSSR count). The zero-order chi connectivity index (χ0) is 18.6. The van der Waals surface area contributed by atoms with Crippen molar-refractivity contribution in [1.82, 2.24) is 0 Å². The van der Waals surface area contributed by atoms with Gasteiger partial charge >= 0.3 is 5.97 Å². The Hall–Kier alpha value is -2.56. The summed E-state index contributed by atoms with van der Waals surface area (Å²) in [5.74, 6) is -0.863. The lowest BCUT2D eigenvalue weighted by atomic mass is 10.2. The molecule has 0 aromatic heterocycles. The molecule has 0 saturated heterocycles. The number of nitriles is 1. The molecule has 0 heterocycles. The van der Waals surface area contributed by atoms with Crippen molar-refractivity contribution >= 4 is 33.3 Å². The minimum absolute atomic E-state index is 0.0384. The van der Waals surface area contributed by atoms with E-state index in [9.17, 15) is 13.2 Å². The maximum atomic E-state index is 12.8. The van der Waals surface area contributed by atoms with E-state index in [2.05, 4.69) is 0 Å². The average Bonchev–Trinajstić information content (AvgIpc) is 2.61. The standard InChI is InChI=1S/C17H15ClN2O4S/c1-12(11-19)24-17(21)15-10-14(8-9-16(15)18)25(22,23)20(2)13-6-4-3-5-7-13/h3-10,12H,1-2H3/t12-/m0/s1. The molecule has 0 bridgehead atoms. The van der Waals surface area contributed by atoms with E-state index in [1.807, 2.05) is 0 Å². The van der Waals surface area contributed by atoms with Gasteiger partial charge in [0.25, 0.3) is 10.0 Å². The molecule has 0 aliphatic rings. The number of hydrogen-bond donors (Lipinski definition) is 0. The number of esters is 1. The van der Waals surface area contributed by atoms with Crippen LogP contribution < -0.4 is 4.31 Å². The molecule has 0 aliphatic heterocycles. The number of halogens is 1. The van der Waals surface area contributed by atoms with Crippen molar-refractivity contribution in [2.45, 2.75) is 17.9 Å². The zero-order valence-electron chi connectivity index (χ0n) is 13.5. The van der Waals surface area contributed by atoms with Gasteiger partial charge in [0.05, 0.1) is 21.2 Å². The number of nitrogens with zero attached hydrogens (tertiary/aromatic N) is 2. The van der Waals surface area contributed by atoms with Gasteiger partial charge in [-0.15, -0.1) is 0 Å². The summed E-state index contributed by atoms with van der Waals surface area (Å²) in [6.07, 6.45) is -0.976. The fourth-order valence-electron chi connectivity index (χ4n) is 2.01. The monoisotopic (exact) mass is 378 g/mol. The highest BCUT2D eigenvalue weighted by molar-refractivity contribution is 7.92. The van der Waals surface area contributed by atoms with Crippen molar-refractivity contribution in [3.05, 3.63) is 59.1 Å². The van der Waals surface area contributed by atoms with Crippen LogP contribution in [0.2, 0.25) is 5.02 Å². The van der Waals surface area contributed by atoms with Crippen molar-refractivity contribution in [1.29, 1.82) is 5.26 Å². The third-order valence-electron chi connectivity index (χ3n) is 3.40. The minimum atomic E-state index is -3.90. The molecule has 8 heteroatoms. The molecule has 0 fully saturated rings. The minimum Gasteiger partial charge on any atom is -0.444 e. The molecule has 0 radical (unpaired) electrons. The maximum absolute atomic E-state index is 12.8. The molecule has 0 aliphatic carbocycles. The lowest BCUT2D eigenvalue weighted by Gasteiger charge is -2.20. The molecule has 6 nitrogen and oxygen atoms in total. The molecule has 0 saturated carbocycles. The molecule has 0 N–H and O–H groups in total. The molecule has 0 unspecified atom stereocenters. The van der Waals surface area contributed by atoms with Gasteiger partial charge in [-0.25, -0.2) is 13.2 Å². The van der Waals surface area contributed by atoms with E-state index in [1.165, 1.54) is 26.1 Å². The van der Waals surface area contributed by atoms with Gasteiger partial charge in [-0.1, -0.05) is 29.8 Å². The second-order valence-electron chi connectivity index (χ2n) is 5.13. The molecule has 0 spiro atoms. The maximum Gasteiger partial charge on any atom is 0.340 e. The number of sulfonamides is 1. The third-order valence-corrected chi connectivity index (χ3v) is 5.51. The van der Waals surface area contributed by atoms with Crippen LogP contribution in [0, 0.1) is 11.3 Å². The Morgan fingerprint density at radius 1 is 1.24 bits per heavy atom. The Labute approximate surface area is 151 Å². The van der Waals surface area contributed by atoms with E-state index in [-0.39, 0.29) is 15.5 Å². The van der Waals surface area contributed by atoms with Gasteiger partial charge in [-0.2, -0.15) is 5.26 Å². The Balaban J connectivity index is 2.41. The van der Waals surface area contributed by atoms with Crippen LogP contribution >= 0.6 is 11.6 Å². The fourth-order valence-corrected chi connectivity index (χ4v) is 3.42. The van der Waals surface area contributed by atoms with Crippen LogP contribution in [0.1, 0.15) is 17.3 Å². The van der Waals surface area contributed by atoms with E-state index < -0.39 is 22.1 Å². The van der Waals surface area contributed by atoms with Crippen LogP contribution in [0.25, 0.3) is 0 Å². The predicted molar refractivity (Wildman–Crippen MR) is 94.0 cm³/mol. The largest absolute Gasteiger partial charge is 0.444 e. The van der Waals surface area contributed by atoms with Crippen molar-refractivity contribution in [2.75, 3.05) is 11.4 Å². The van der Waals surface area contributed by atoms with E-state index in [1.54, 1.807) is 36.4 Å². The summed E-state index contributed by atoms with van der Waals surface area (Å²) in [6, 6.07) is 14.0. The first kappa shape index (κ1) is 18.8. The van der Waals surface area contributed by atoms with Crippen LogP contribution in [0.3, 0.4) is 0 Å². The number of anilines is 1. The molecule has 1 atom stereocenters. The van der Waals surface area contributed by atoms with Gasteiger partial charge in [0.15, 0.2) is 6.10 Å². The summed E-state index contributed by atoms with van der Waals surface area (Å²) in [5.41, 5.74) is 0.353. The van der Waals surface area contributed by atoms with Gasteiger partial charge in [-0.3, -0.25) is 4.31 Å². The first-order valence-electron chi connectivity index (χ1n) is 7.21. The molecular weight excluding hydrogens is 364 g/mol. The van der Waals surface area contributed by atoms with E-state index >= 15 is 0 Å². The Kier molecular flexibility index (Phi) is 5.67. The normalized spacial score (nSPS) is 12.1. The number of carbonyl (C=O) groups excluding carboxylic acids is 1. The highest BCUT2D eigenvalue weighted by atomic mass is 35.5. The molecular formula is C17H15ClN2O4S. The second kappa shape index (κ2) is 7.55. The second-order valence-corrected chi connectivity index (χ2v) is 7.50. The molecule has 0 amide bonds. The topological polar surface area (TPSA) is 87.5 Å². The van der Waals surface area contributed by atoms with E-state index in [4.69, 9.17) is 21.6 Å². The van der Waals surface area contributed by atoms with Crippen LogP contribution in [-0.2, 0) is 14.8 Å². The highest BCUT2D eigenvalue weighted by Crippen LogP contribution is 2.26. The number of para-hydroxylation sites is 1. The summed E-state index contributed by atoms with van der Waals surface area (Å²) in [4.78, 5) is 12.0. The van der Waals surface area contributed by atoms with Gasteiger partial charge in [0.2, 0.25) is 0 Å². The lowest BCUT2D eigenvalue weighted by molar-refractivity contribution is 0.0435. The summed E-state index contributed by atoms with van der Waals surface area (Å²) in [6.45, 7) is 1.40. The van der Waals surface area contributed by atoms with Crippen LogP contribution in [-0.4, -0.2) is 27.5 Å². The summed E-state index contributed by atoms with van der Waals surface area (Å²) < 4.78 is 31.5. The SMILES string of the molecule is C[C@@H](C#N)OC(=O)c1cc(S(=O)(=O)N(C)c2ccccc2)ccc1Cl. The number of rotatable bonds is 5. The molecule has 2 aromatic carbocycles. The first-order chi connectivity index (χ1) is 11.8. The Morgan fingerprint density at radius 3 is 2.48 bits per heavy atom. The summed E-state index contributed by atoms with van der Waals surface area (Å²) in [5, 5.41) is 8.76. The highest BCUT2D eigenvalue weighted by Gasteiger charge is 2.24. The number of benzene rings is 2. The lowest BCUT2D eigenvalue weighted by Crippen LogP contribution is -2.26. The quantitative estimate of drug-likeness (QED) is 0.745. The van der Waals surface area contributed by atoms with Gasteiger partial charge in [-0.05, 0) is 37.3 Å². The summed E-state index contributed by atoms with van der Waals surface area (Å²) >= 11 is 5.97.